The molecule has 62 heavy (non-hydrogen) atoms. The fourth-order valence-corrected chi connectivity index (χ4v) is 13.2. The Morgan fingerprint density at radius 2 is 0.645 bits per heavy atom. The topological polar surface area (TPSA) is 3.24 Å². The summed E-state index contributed by atoms with van der Waals surface area (Å²) in [6.45, 7) is 0. The number of nitrogens with zero attached hydrogens (tertiary/aromatic N) is 1. The number of benzene rings is 6. The van der Waals surface area contributed by atoms with Crippen molar-refractivity contribution < 1.29 is 0 Å². The van der Waals surface area contributed by atoms with Gasteiger partial charge in [0.05, 0.1) is 5.41 Å². The highest BCUT2D eigenvalue weighted by atomic mass is 15.1. The molecular formula is C61H67N. The van der Waals surface area contributed by atoms with E-state index in [0.717, 1.165) is 0 Å². The molecule has 1 heteroatoms. The number of anilines is 3. The summed E-state index contributed by atoms with van der Waals surface area (Å²) < 4.78 is 0. The number of hydrogen-bond donors (Lipinski definition) is 0. The summed E-state index contributed by atoms with van der Waals surface area (Å²) in [6, 6.07) is 56.3. The Balaban J connectivity index is 1.07. The second kappa shape index (κ2) is 17.7. The Bertz CT molecular complexity index is 2290. The number of hydrogen-bond acceptors (Lipinski definition) is 1. The van der Waals surface area contributed by atoms with Gasteiger partial charge in [0.15, 0.2) is 0 Å². The lowest BCUT2D eigenvalue weighted by Gasteiger charge is -2.36. The predicted octanol–water partition coefficient (Wildman–Crippen LogP) is 17.7. The standard InChI is InChI=1S/C61H67N/c1-5-15-44(16-6-1)48-25-33-52(34-26-48)61(53-35-27-49(28-36-53)45-17-7-2-8-18-45)59-24-14-13-23-57(59)58-42-41-56(43-60(58)61)62(54-37-29-50(30-38-54)46-19-9-3-10-20-46)55-39-31-51(32-40-55)47-21-11-4-12-22-47/h13-14,23-47H,1-12,15-22H2. The van der Waals surface area contributed by atoms with Gasteiger partial charge >= 0.3 is 0 Å². The fraction of sp³-hybridized carbons (Fsp3) is 0.410. The first-order valence-electron chi connectivity index (χ1n) is 25.2. The molecular weight excluding hydrogens is 747 g/mol. The molecule has 0 N–H and O–H groups in total. The van der Waals surface area contributed by atoms with Crippen molar-refractivity contribution in [1.82, 2.24) is 0 Å². The highest BCUT2D eigenvalue weighted by molar-refractivity contribution is 5.89. The molecule has 4 saturated carbocycles. The van der Waals surface area contributed by atoms with Crippen LogP contribution in [-0.2, 0) is 5.41 Å². The molecule has 11 rings (SSSR count). The van der Waals surface area contributed by atoms with Gasteiger partial charge < -0.3 is 4.90 Å². The molecule has 0 unspecified atom stereocenters. The minimum Gasteiger partial charge on any atom is -0.310 e. The van der Waals surface area contributed by atoms with E-state index in [9.17, 15) is 0 Å². The highest BCUT2D eigenvalue weighted by Gasteiger charge is 2.46. The van der Waals surface area contributed by atoms with Crippen LogP contribution in [0.3, 0.4) is 0 Å². The largest absolute Gasteiger partial charge is 0.310 e. The minimum absolute atomic E-state index is 0.445. The Kier molecular flexibility index (Phi) is 11.4. The van der Waals surface area contributed by atoms with Gasteiger partial charge in [-0.25, -0.2) is 0 Å². The average Bonchev–Trinajstić information content (AvgIpc) is 3.66. The normalized spacial score (nSPS) is 19.8. The number of rotatable bonds is 9. The summed E-state index contributed by atoms with van der Waals surface area (Å²) in [5.41, 5.74) is 17.6. The zero-order valence-electron chi connectivity index (χ0n) is 37.2. The Morgan fingerprint density at radius 3 is 1.05 bits per heavy atom. The lowest BCUT2D eigenvalue weighted by molar-refractivity contribution is 0.443. The SMILES string of the molecule is c1ccc2c(c1)-c1ccc(N(c3ccc(C4CCCCC4)cc3)c3ccc(C4CCCCC4)cc3)cc1C2(c1ccc(C2CCCCC2)cc1)c1ccc(C2CCCCC2)cc1. The third kappa shape index (κ3) is 7.46. The van der Waals surface area contributed by atoms with Crippen LogP contribution in [-0.4, -0.2) is 0 Å². The summed E-state index contributed by atoms with van der Waals surface area (Å²) in [5, 5.41) is 0. The fourth-order valence-electron chi connectivity index (χ4n) is 13.2. The summed E-state index contributed by atoms with van der Waals surface area (Å²) in [5.74, 6) is 2.74. The molecule has 0 aromatic heterocycles. The molecule has 0 aliphatic heterocycles. The van der Waals surface area contributed by atoms with Crippen molar-refractivity contribution in [1.29, 1.82) is 0 Å². The van der Waals surface area contributed by atoms with Gasteiger partial charge in [0, 0.05) is 17.1 Å². The molecule has 0 spiro atoms. The molecule has 0 bridgehead atoms. The lowest BCUT2D eigenvalue weighted by atomic mass is 9.67. The van der Waals surface area contributed by atoms with Gasteiger partial charge in [-0.3, -0.25) is 0 Å². The van der Waals surface area contributed by atoms with Gasteiger partial charge in [-0.2, -0.15) is 0 Å². The first-order valence-corrected chi connectivity index (χ1v) is 25.2. The second-order valence-corrected chi connectivity index (χ2v) is 20.1. The molecule has 0 heterocycles. The first kappa shape index (κ1) is 39.9. The van der Waals surface area contributed by atoms with Crippen molar-refractivity contribution in [2.45, 2.75) is 158 Å². The molecule has 1 nitrogen and oxygen atoms in total. The van der Waals surface area contributed by atoms with Crippen LogP contribution in [0.2, 0.25) is 0 Å². The van der Waals surface area contributed by atoms with Crippen molar-refractivity contribution in [3.05, 3.63) is 184 Å². The molecule has 0 saturated heterocycles. The average molecular weight is 814 g/mol. The van der Waals surface area contributed by atoms with Crippen LogP contribution in [0.5, 0.6) is 0 Å². The van der Waals surface area contributed by atoms with E-state index in [0.29, 0.717) is 23.7 Å². The van der Waals surface area contributed by atoms with Crippen molar-refractivity contribution in [2.75, 3.05) is 4.90 Å². The van der Waals surface area contributed by atoms with Crippen LogP contribution in [0, 0.1) is 0 Å². The molecule has 5 aliphatic rings. The van der Waals surface area contributed by atoms with Crippen LogP contribution >= 0.6 is 0 Å². The third-order valence-corrected chi connectivity index (χ3v) is 16.6. The van der Waals surface area contributed by atoms with Gasteiger partial charge in [0.1, 0.15) is 0 Å². The Morgan fingerprint density at radius 1 is 0.306 bits per heavy atom. The van der Waals surface area contributed by atoms with Gasteiger partial charge in [0.2, 0.25) is 0 Å². The lowest BCUT2D eigenvalue weighted by Crippen LogP contribution is -2.29. The summed E-state index contributed by atoms with van der Waals surface area (Å²) >= 11 is 0. The van der Waals surface area contributed by atoms with E-state index in [1.807, 2.05) is 0 Å². The maximum Gasteiger partial charge on any atom is 0.0714 e. The Labute approximate surface area is 373 Å². The van der Waals surface area contributed by atoms with Crippen molar-refractivity contribution >= 4 is 17.1 Å². The minimum atomic E-state index is -0.445. The van der Waals surface area contributed by atoms with Gasteiger partial charge in [-0.05, 0) is 167 Å². The molecule has 316 valence electrons. The second-order valence-electron chi connectivity index (χ2n) is 20.1. The van der Waals surface area contributed by atoms with E-state index in [4.69, 9.17) is 0 Å². The van der Waals surface area contributed by atoms with Crippen LogP contribution in [0.25, 0.3) is 11.1 Å². The zero-order chi connectivity index (χ0) is 41.3. The molecule has 6 aromatic carbocycles. The highest BCUT2D eigenvalue weighted by Crippen LogP contribution is 2.58. The van der Waals surface area contributed by atoms with Crippen LogP contribution in [0.15, 0.2) is 140 Å². The molecule has 4 fully saturated rings. The maximum absolute atomic E-state index is 2.59. The van der Waals surface area contributed by atoms with E-state index >= 15 is 0 Å². The first-order chi connectivity index (χ1) is 30.7. The van der Waals surface area contributed by atoms with Crippen LogP contribution in [0.1, 0.15) is 197 Å². The van der Waals surface area contributed by atoms with E-state index in [2.05, 4.69) is 144 Å². The van der Waals surface area contributed by atoms with Crippen molar-refractivity contribution in [3.63, 3.8) is 0 Å². The molecule has 5 aliphatic carbocycles. The van der Waals surface area contributed by atoms with Crippen molar-refractivity contribution in [2.24, 2.45) is 0 Å². The van der Waals surface area contributed by atoms with Gasteiger partial charge in [-0.1, -0.05) is 180 Å². The predicted molar refractivity (Wildman–Crippen MR) is 262 cm³/mol. The molecule has 0 atom stereocenters. The number of fused-ring (bicyclic) bond motifs is 3. The monoisotopic (exact) mass is 814 g/mol. The van der Waals surface area contributed by atoms with Crippen LogP contribution < -0.4 is 4.90 Å². The Hall–Kier alpha value is -4.88. The molecule has 0 amide bonds. The third-order valence-electron chi connectivity index (χ3n) is 16.6. The van der Waals surface area contributed by atoms with E-state index < -0.39 is 5.41 Å². The summed E-state index contributed by atoms with van der Waals surface area (Å²) in [6.07, 6.45) is 27.0. The van der Waals surface area contributed by atoms with Gasteiger partial charge in [0.25, 0.3) is 0 Å². The zero-order valence-corrected chi connectivity index (χ0v) is 37.2. The summed E-state index contributed by atoms with van der Waals surface area (Å²) in [7, 11) is 0. The van der Waals surface area contributed by atoms with E-state index in [1.54, 1.807) is 0 Å². The van der Waals surface area contributed by atoms with E-state index in [1.165, 1.54) is 201 Å². The maximum atomic E-state index is 2.59. The van der Waals surface area contributed by atoms with E-state index in [-0.39, 0.29) is 0 Å². The van der Waals surface area contributed by atoms with Gasteiger partial charge in [-0.15, -0.1) is 0 Å². The smallest absolute Gasteiger partial charge is 0.0714 e. The molecule has 0 radical (unpaired) electrons. The van der Waals surface area contributed by atoms with Crippen LogP contribution in [0.4, 0.5) is 17.1 Å². The summed E-state index contributed by atoms with van der Waals surface area (Å²) in [4.78, 5) is 2.56. The molecule has 6 aromatic rings. The quantitative estimate of drug-likeness (QED) is 0.140. The van der Waals surface area contributed by atoms with Crippen molar-refractivity contribution in [3.8, 4) is 11.1 Å².